The smallest absolute Gasteiger partial charge is 0.141 e. The summed E-state index contributed by atoms with van der Waals surface area (Å²) >= 11 is 0. The Morgan fingerprint density at radius 2 is 1.88 bits per heavy atom. The third-order valence-electron chi connectivity index (χ3n) is 4.46. The van der Waals surface area contributed by atoms with E-state index in [1.54, 1.807) is 6.21 Å². The summed E-state index contributed by atoms with van der Waals surface area (Å²) in [7, 11) is 0. The molecule has 132 valence electrons. The SMILES string of the molecule is CC(C)N1CCC(ON=Cc2ccccc2OCc2ccccc2)C1. The number of ether oxygens (including phenoxy) is 1. The Labute approximate surface area is 150 Å². The molecule has 0 aliphatic carbocycles. The summed E-state index contributed by atoms with van der Waals surface area (Å²) in [4.78, 5) is 8.09. The summed E-state index contributed by atoms with van der Waals surface area (Å²) in [5.74, 6) is 0.814. The number of benzene rings is 2. The van der Waals surface area contributed by atoms with Gasteiger partial charge in [-0.15, -0.1) is 0 Å². The largest absolute Gasteiger partial charge is 0.488 e. The van der Waals surface area contributed by atoms with Crippen molar-refractivity contribution in [3.63, 3.8) is 0 Å². The van der Waals surface area contributed by atoms with Gasteiger partial charge in [-0.3, -0.25) is 4.90 Å². The van der Waals surface area contributed by atoms with Gasteiger partial charge in [0.05, 0.1) is 6.21 Å². The quantitative estimate of drug-likeness (QED) is 0.563. The highest BCUT2D eigenvalue weighted by atomic mass is 16.6. The Morgan fingerprint density at radius 3 is 2.64 bits per heavy atom. The molecule has 1 fully saturated rings. The number of hydrogen-bond donors (Lipinski definition) is 0. The highest BCUT2D eigenvalue weighted by Crippen LogP contribution is 2.19. The predicted octanol–water partition coefficient (Wildman–Crippen LogP) is 4.10. The first-order chi connectivity index (χ1) is 12.2. The molecule has 1 heterocycles. The molecule has 0 amide bonds. The summed E-state index contributed by atoms with van der Waals surface area (Å²) in [6.45, 7) is 6.99. The van der Waals surface area contributed by atoms with E-state index >= 15 is 0 Å². The molecule has 0 aromatic heterocycles. The number of likely N-dealkylation sites (tertiary alicyclic amines) is 1. The topological polar surface area (TPSA) is 34.1 Å². The maximum atomic E-state index is 5.94. The number of hydrogen-bond acceptors (Lipinski definition) is 4. The molecule has 0 bridgehead atoms. The van der Waals surface area contributed by atoms with E-state index in [0.29, 0.717) is 12.6 Å². The Bertz CT molecular complexity index is 685. The molecule has 2 aromatic carbocycles. The summed E-state index contributed by atoms with van der Waals surface area (Å²) < 4.78 is 5.94. The standard InChI is InChI=1S/C21H26N2O2/c1-17(2)23-13-12-20(15-23)25-22-14-19-10-6-7-11-21(19)24-16-18-8-4-3-5-9-18/h3-11,14,17,20H,12-13,15-16H2,1-2H3. The fraction of sp³-hybridized carbons (Fsp3) is 0.381. The average Bonchev–Trinajstić information content (AvgIpc) is 3.11. The number of para-hydroxylation sites is 1. The van der Waals surface area contributed by atoms with E-state index in [9.17, 15) is 0 Å². The van der Waals surface area contributed by atoms with Crippen molar-refractivity contribution >= 4 is 6.21 Å². The maximum absolute atomic E-state index is 5.94. The Hall–Kier alpha value is -2.33. The van der Waals surface area contributed by atoms with Crippen LogP contribution in [0.25, 0.3) is 0 Å². The van der Waals surface area contributed by atoms with Gasteiger partial charge in [0.1, 0.15) is 18.5 Å². The summed E-state index contributed by atoms with van der Waals surface area (Å²) in [5, 5.41) is 4.20. The first-order valence-corrected chi connectivity index (χ1v) is 8.91. The van der Waals surface area contributed by atoms with Crippen LogP contribution >= 0.6 is 0 Å². The van der Waals surface area contributed by atoms with Crippen LogP contribution in [-0.4, -0.2) is 36.3 Å². The van der Waals surface area contributed by atoms with Gasteiger partial charge in [0.15, 0.2) is 0 Å². The highest BCUT2D eigenvalue weighted by molar-refractivity contribution is 5.83. The molecule has 1 atom stereocenters. The van der Waals surface area contributed by atoms with Crippen LogP contribution in [-0.2, 0) is 11.4 Å². The monoisotopic (exact) mass is 338 g/mol. The zero-order valence-electron chi connectivity index (χ0n) is 15.0. The maximum Gasteiger partial charge on any atom is 0.141 e. The third kappa shape index (κ3) is 5.07. The van der Waals surface area contributed by atoms with Crippen molar-refractivity contribution in [3.8, 4) is 5.75 Å². The average molecular weight is 338 g/mol. The molecule has 3 rings (SSSR count). The summed E-state index contributed by atoms with van der Waals surface area (Å²) in [5.41, 5.74) is 2.07. The fourth-order valence-corrected chi connectivity index (χ4v) is 2.94. The second kappa shape index (κ2) is 8.67. The van der Waals surface area contributed by atoms with E-state index in [2.05, 4.69) is 36.0 Å². The molecule has 1 saturated heterocycles. The van der Waals surface area contributed by atoms with Gasteiger partial charge in [0, 0.05) is 31.1 Å². The molecular formula is C21H26N2O2. The van der Waals surface area contributed by atoms with Crippen molar-refractivity contribution in [3.05, 3.63) is 65.7 Å². The van der Waals surface area contributed by atoms with Gasteiger partial charge >= 0.3 is 0 Å². The molecule has 0 saturated carbocycles. The first kappa shape index (κ1) is 17.5. The molecule has 1 aliphatic heterocycles. The van der Waals surface area contributed by atoms with Crippen molar-refractivity contribution in [2.24, 2.45) is 5.16 Å². The molecule has 2 aromatic rings. The van der Waals surface area contributed by atoms with Gasteiger partial charge in [-0.25, -0.2) is 0 Å². The second-order valence-electron chi connectivity index (χ2n) is 6.65. The van der Waals surface area contributed by atoms with Crippen molar-refractivity contribution in [2.75, 3.05) is 13.1 Å². The van der Waals surface area contributed by atoms with Crippen LogP contribution in [0.3, 0.4) is 0 Å². The van der Waals surface area contributed by atoms with Gasteiger partial charge < -0.3 is 9.57 Å². The van der Waals surface area contributed by atoms with E-state index in [4.69, 9.17) is 9.57 Å². The van der Waals surface area contributed by atoms with Crippen molar-refractivity contribution in [1.82, 2.24) is 4.90 Å². The molecule has 25 heavy (non-hydrogen) atoms. The third-order valence-corrected chi connectivity index (χ3v) is 4.46. The lowest BCUT2D eigenvalue weighted by molar-refractivity contribution is 0.0634. The number of rotatable bonds is 7. The van der Waals surface area contributed by atoms with Crippen molar-refractivity contribution < 1.29 is 9.57 Å². The van der Waals surface area contributed by atoms with Crippen molar-refractivity contribution in [1.29, 1.82) is 0 Å². The lowest BCUT2D eigenvalue weighted by Crippen LogP contribution is -2.29. The molecular weight excluding hydrogens is 312 g/mol. The van der Waals surface area contributed by atoms with Crippen LogP contribution in [0, 0.1) is 0 Å². The lowest BCUT2D eigenvalue weighted by atomic mass is 10.2. The minimum absolute atomic E-state index is 0.177. The fourth-order valence-electron chi connectivity index (χ4n) is 2.94. The van der Waals surface area contributed by atoms with E-state index in [1.807, 2.05) is 42.5 Å². The van der Waals surface area contributed by atoms with Gasteiger partial charge in [0.25, 0.3) is 0 Å². The summed E-state index contributed by atoms with van der Waals surface area (Å²) in [6, 6.07) is 18.6. The Morgan fingerprint density at radius 1 is 1.12 bits per heavy atom. The Balaban J connectivity index is 1.55. The van der Waals surface area contributed by atoms with E-state index < -0.39 is 0 Å². The van der Waals surface area contributed by atoms with Gasteiger partial charge in [-0.05, 0) is 31.5 Å². The number of oxime groups is 1. The van der Waals surface area contributed by atoms with Crippen LogP contribution in [0.5, 0.6) is 5.75 Å². The minimum Gasteiger partial charge on any atom is -0.488 e. The zero-order valence-corrected chi connectivity index (χ0v) is 15.0. The predicted molar refractivity (Wildman–Crippen MR) is 101 cm³/mol. The van der Waals surface area contributed by atoms with E-state index in [-0.39, 0.29) is 6.10 Å². The molecule has 1 unspecified atom stereocenters. The lowest BCUT2D eigenvalue weighted by Gasteiger charge is -2.19. The van der Waals surface area contributed by atoms with Crippen molar-refractivity contribution in [2.45, 2.75) is 39.0 Å². The van der Waals surface area contributed by atoms with Gasteiger partial charge in [-0.2, -0.15) is 0 Å². The van der Waals surface area contributed by atoms with Crippen LogP contribution in [0.1, 0.15) is 31.4 Å². The second-order valence-corrected chi connectivity index (χ2v) is 6.65. The molecule has 4 heteroatoms. The first-order valence-electron chi connectivity index (χ1n) is 8.91. The summed E-state index contributed by atoms with van der Waals surface area (Å²) in [6.07, 6.45) is 2.95. The van der Waals surface area contributed by atoms with E-state index in [1.165, 1.54) is 0 Å². The van der Waals surface area contributed by atoms with Crippen LogP contribution in [0.15, 0.2) is 59.8 Å². The van der Waals surface area contributed by atoms with Crippen LogP contribution in [0.4, 0.5) is 0 Å². The molecule has 4 nitrogen and oxygen atoms in total. The number of nitrogens with zero attached hydrogens (tertiary/aromatic N) is 2. The molecule has 0 N–H and O–H groups in total. The Kier molecular flexibility index (Phi) is 6.07. The van der Waals surface area contributed by atoms with Gasteiger partial charge in [0.2, 0.25) is 0 Å². The molecule has 0 radical (unpaired) electrons. The van der Waals surface area contributed by atoms with Crippen LogP contribution < -0.4 is 4.74 Å². The zero-order chi connectivity index (χ0) is 17.5. The van der Waals surface area contributed by atoms with E-state index in [0.717, 1.165) is 36.4 Å². The molecule has 1 aliphatic rings. The molecule has 0 spiro atoms. The normalized spacial score (nSPS) is 18.1. The van der Waals surface area contributed by atoms with Crippen LogP contribution in [0.2, 0.25) is 0 Å². The highest BCUT2D eigenvalue weighted by Gasteiger charge is 2.25. The minimum atomic E-state index is 0.177. The van der Waals surface area contributed by atoms with Gasteiger partial charge in [-0.1, -0.05) is 47.6 Å².